The Bertz CT molecular complexity index is 1110. The molecule has 0 spiro atoms. The van der Waals surface area contributed by atoms with E-state index >= 15 is 0 Å². The number of para-hydroxylation sites is 1. The van der Waals surface area contributed by atoms with Crippen LogP contribution in [0.4, 0.5) is 0 Å². The number of rotatable bonds is 5. The zero-order valence-electron chi connectivity index (χ0n) is 18.0. The smallest absolute Gasteiger partial charge is 0.275 e. The molecule has 0 radical (unpaired) electrons. The van der Waals surface area contributed by atoms with Gasteiger partial charge in [0.25, 0.3) is 5.91 Å². The molecule has 1 saturated heterocycles. The van der Waals surface area contributed by atoms with E-state index in [2.05, 4.69) is 0 Å². The van der Waals surface area contributed by atoms with Crippen LogP contribution < -0.4 is 9.47 Å². The van der Waals surface area contributed by atoms with Gasteiger partial charge in [-0.15, -0.1) is 0 Å². The minimum atomic E-state index is 0.0197. The molecule has 3 aromatic rings. The highest BCUT2D eigenvalue weighted by atomic mass is 16.5. The molecular formula is C25H27N3O3. The molecule has 2 aliphatic rings. The summed E-state index contributed by atoms with van der Waals surface area (Å²) in [5, 5.41) is 4.82. The number of nitrogens with zero attached hydrogens (tertiary/aromatic N) is 3. The van der Waals surface area contributed by atoms with Crippen LogP contribution in [0, 0.1) is 0 Å². The minimum absolute atomic E-state index is 0.0197. The van der Waals surface area contributed by atoms with Gasteiger partial charge in [-0.25, -0.2) is 4.68 Å². The molecule has 1 amide bonds. The van der Waals surface area contributed by atoms with Gasteiger partial charge in [0.05, 0.1) is 25.9 Å². The van der Waals surface area contributed by atoms with E-state index in [4.69, 9.17) is 14.6 Å². The fourth-order valence-electron chi connectivity index (χ4n) is 4.94. The molecule has 0 unspecified atom stereocenters. The molecule has 0 saturated carbocycles. The molecule has 1 atom stereocenters. The van der Waals surface area contributed by atoms with Gasteiger partial charge >= 0.3 is 0 Å². The van der Waals surface area contributed by atoms with Gasteiger partial charge < -0.3 is 14.4 Å². The van der Waals surface area contributed by atoms with Gasteiger partial charge in [0.1, 0.15) is 0 Å². The van der Waals surface area contributed by atoms with Crippen LogP contribution in [0.3, 0.4) is 0 Å². The Morgan fingerprint density at radius 2 is 1.81 bits per heavy atom. The summed E-state index contributed by atoms with van der Waals surface area (Å²) in [6, 6.07) is 16.1. The first-order chi connectivity index (χ1) is 15.2. The van der Waals surface area contributed by atoms with E-state index in [0.717, 1.165) is 55.5 Å². The first kappa shape index (κ1) is 19.7. The lowest BCUT2D eigenvalue weighted by Gasteiger charge is -2.25. The summed E-state index contributed by atoms with van der Waals surface area (Å²) in [5.41, 5.74) is 4.99. The van der Waals surface area contributed by atoms with E-state index in [1.54, 1.807) is 14.2 Å². The van der Waals surface area contributed by atoms with E-state index in [1.165, 1.54) is 5.69 Å². The molecule has 0 bridgehead atoms. The van der Waals surface area contributed by atoms with Crippen LogP contribution in [0.1, 0.15) is 52.6 Å². The Morgan fingerprint density at radius 3 is 2.58 bits per heavy atom. The number of fused-ring (bicyclic) bond motifs is 1. The topological polar surface area (TPSA) is 56.6 Å². The van der Waals surface area contributed by atoms with Gasteiger partial charge in [-0.2, -0.15) is 5.10 Å². The Balaban J connectivity index is 1.49. The summed E-state index contributed by atoms with van der Waals surface area (Å²) in [7, 11) is 3.27. The van der Waals surface area contributed by atoms with Crippen molar-refractivity contribution in [3.05, 3.63) is 71.0 Å². The molecular weight excluding hydrogens is 390 g/mol. The number of benzene rings is 2. The van der Waals surface area contributed by atoms with Crippen molar-refractivity contribution < 1.29 is 14.3 Å². The van der Waals surface area contributed by atoms with Crippen LogP contribution in [0.5, 0.6) is 11.5 Å². The normalized spacial score (nSPS) is 17.6. The van der Waals surface area contributed by atoms with Crippen molar-refractivity contribution in [1.82, 2.24) is 14.7 Å². The Hall–Kier alpha value is -3.28. The standard InChI is InChI=1S/C25H27N3O3/c1-30-22-14-13-17(16-23(22)31-2)20-12-7-15-27(20)25(29)24-19-10-6-11-21(19)28(26-24)18-8-4-3-5-9-18/h3-5,8-9,13-14,16,20H,6-7,10-12,15H2,1-2H3/t20-/m1/s1. The molecule has 0 N–H and O–H groups in total. The van der Waals surface area contributed by atoms with Gasteiger partial charge in [0, 0.05) is 17.8 Å². The molecule has 1 aromatic heterocycles. The lowest BCUT2D eigenvalue weighted by molar-refractivity contribution is 0.0728. The summed E-state index contributed by atoms with van der Waals surface area (Å²) in [6.07, 6.45) is 4.86. The number of ether oxygens (including phenoxy) is 2. The van der Waals surface area contributed by atoms with E-state index in [-0.39, 0.29) is 11.9 Å². The summed E-state index contributed by atoms with van der Waals surface area (Å²) in [5.74, 6) is 1.42. The molecule has 1 fully saturated rings. The van der Waals surface area contributed by atoms with E-state index < -0.39 is 0 Å². The number of hydrogen-bond donors (Lipinski definition) is 0. The largest absolute Gasteiger partial charge is 0.493 e. The summed E-state index contributed by atoms with van der Waals surface area (Å²) >= 11 is 0. The lowest BCUT2D eigenvalue weighted by atomic mass is 10.0. The van der Waals surface area contributed by atoms with E-state index in [0.29, 0.717) is 17.2 Å². The number of carbonyl (C=O) groups excluding carboxylic acids is 1. The maximum absolute atomic E-state index is 13.7. The number of likely N-dealkylation sites (tertiary alicyclic amines) is 1. The number of aromatic nitrogens is 2. The predicted molar refractivity (Wildman–Crippen MR) is 118 cm³/mol. The maximum atomic E-state index is 13.7. The highest BCUT2D eigenvalue weighted by Gasteiger charge is 2.35. The van der Waals surface area contributed by atoms with E-state index in [1.807, 2.05) is 58.1 Å². The fourth-order valence-corrected chi connectivity index (χ4v) is 4.94. The second-order valence-corrected chi connectivity index (χ2v) is 8.15. The van der Waals surface area contributed by atoms with E-state index in [9.17, 15) is 4.79 Å². The number of methoxy groups -OCH3 is 2. The molecule has 2 heterocycles. The van der Waals surface area contributed by atoms with Crippen LogP contribution in [0.2, 0.25) is 0 Å². The molecule has 160 valence electrons. The minimum Gasteiger partial charge on any atom is -0.493 e. The first-order valence-corrected chi connectivity index (χ1v) is 10.9. The van der Waals surface area contributed by atoms with Crippen molar-refractivity contribution >= 4 is 5.91 Å². The van der Waals surface area contributed by atoms with Gasteiger partial charge in [-0.3, -0.25) is 4.79 Å². The quantitative estimate of drug-likeness (QED) is 0.619. The van der Waals surface area contributed by atoms with Crippen LogP contribution in [-0.4, -0.2) is 41.4 Å². The Labute approximate surface area is 182 Å². The van der Waals surface area contributed by atoms with Crippen molar-refractivity contribution in [2.75, 3.05) is 20.8 Å². The molecule has 5 rings (SSSR count). The second kappa shape index (κ2) is 8.10. The zero-order chi connectivity index (χ0) is 21.4. The monoisotopic (exact) mass is 417 g/mol. The molecule has 1 aliphatic heterocycles. The third-order valence-electron chi connectivity index (χ3n) is 6.44. The van der Waals surface area contributed by atoms with Gasteiger partial charge in [-0.05, 0) is 61.9 Å². The highest BCUT2D eigenvalue weighted by Crippen LogP contribution is 2.38. The predicted octanol–water partition coefficient (Wildman–Crippen LogP) is 4.36. The lowest BCUT2D eigenvalue weighted by Crippen LogP contribution is -2.31. The van der Waals surface area contributed by atoms with Crippen molar-refractivity contribution in [3.8, 4) is 17.2 Å². The SMILES string of the molecule is COc1ccc([C@H]2CCCN2C(=O)c2nn(-c3ccccc3)c3c2CCC3)cc1OC. The van der Waals surface area contributed by atoms with Gasteiger partial charge in [-0.1, -0.05) is 24.3 Å². The first-order valence-electron chi connectivity index (χ1n) is 10.9. The second-order valence-electron chi connectivity index (χ2n) is 8.15. The third kappa shape index (κ3) is 3.36. The maximum Gasteiger partial charge on any atom is 0.275 e. The zero-order valence-corrected chi connectivity index (χ0v) is 18.0. The molecule has 2 aromatic carbocycles. The van der Waals surface area contributed by atoms with Gasteiger partial charge in [0.2, 0.25) is 0 Å². The van der Waals surface area contributed by atoms with Crippen LogP contribution in [-0.2, 0) is 12.8 Å². The molecule has 6 nitrogen and oxygen atoms in total. The summed E-state index contributed by atoms with van der Waals surface area (Å²) in [6.45, 7) is 0.741. The summed E-state index contributed by atoms with van der Waals surface area (Å²) in [4.78, 5) is 15.7. The number of amides is 1. The highest BCUT2D eigenvalue weighted by molar-refractivity contribution is 5.95. The van der Waals surface area contributed by atoms with Crippen LogP contribution in [0.25, 0.3) is 5.69 Å². The fraction of sp³-hybridized carbons (Fsp3) is 0.360. The summed E-state index contributed by atoms with van der Waals surface area (Å²) < 4.78 is 12.8. The van der Waals surface area contributed by atoms with Crippen molar-refractivity contribution in [2.24, 2.45) is 0 Å². The van der Waals surface area contributed by atoms with Crippen LogP contribution >= 0.6 is 0 Å². The average Bonchev–Trinajstić information content (AvgIpc) is 3.55. The Morgan fingerprint density at radius 1 is 1.00 bits per heavy atom. The number of hydrogen-bond acceptors (Lipinski definition) is 4. The van der Waals surface area contributed by atoms with Crippen molar-refractivity contribution in [1.29, 1.82) is 0 Å². The molecule has 6 heteroatoms. The van der Waals surface area contributed by atoms with Crippen LogP contribution in [0.15, 0.2) is 48.5 Å². The van der Waals surface area contributed by atoms with Gasteiger partial charge in [0.15, 0.2) is 17.2 Å². The van der Waals surface area contributed by atoms with Crippen molar-refractivity contribution in [2.45, 2.75) is 38.1 Å². The average molecular weight is 418 g/mol. The third-order valence-corrected chi connectivity index (χ3v) is 6.44. The molecule has 31 heavy (non-hydrogen) atoms. The molecule has 1 aliphatic carbocycles. The Kier molecular flexibility index (Phi) is 5.14. The number of carbonyl (C=O) groups is 1. The van der Waals surface area contributed by atoms with Crippen molar-refractivity contribution in [3.63, 3.8) is 0 Å².